The first-order valence-corrected chi connectivity index (χ1v) is 7.46. The van der Waals surface area contributed by atoms with Crippen molar-refractivity contribution in [3.63, 3.8) is 0 Å². The van der Waals surface area contributed by atoms with Crippen molar-refractivity contribution in [2.24, 2.45) is 0 Å². The average molecular weight is 310 g/mol. The van der Waals surface area contributed by atoms with Crippen molar-refractivity contribution in [3.8, 4) is 0 Å². The van der Waals surface area contributed by atoms with E-state index in [9.17, 15) is 19.2 Å². The monoisotopic (exact) mass is 310 g/mol. The van der Waals surface area contributed by atoms with Gasteiger partial charge in [0.05, 0.1) is 6.04 Å². The zero-order chi connectivity index (χ0) is 16.5. The molecule has 122 valence electrons. The molecule has 0 aromatic carbocycles. The molecule has 5 amide bonds. The number of nitrogens with one attached hydrogen (secondary N) is 2. The summed E-state index contributed by atoms with van der Waals surface area (Å²) in [6.07, 6.45) is 1.13. The Kier molecular flexibility index (Phi) is 4.39. The fraction of sp³-hybridized carbons (Fsp3) is 0.714. The molecule has 2 aliphatic rings. The highest BCUT2D eigenvalue weighted by molar-refractivity contribution is 6.08. The number of rotatable bonds is 5. The van der Waals surface area contributed by atoms with E-state index in [1.807, 2.05) is 6.92 Å². The van der Waals surface area contributed by atoms with E-state index in [0.717, 1.165) is 11.3 Å². The first-order valence-electron chi connectivity index (χ1n) is 7.46. The van der Waals surface area contributed by atoms with E-state index in [4.69, 9.17) is 0 Å². The Bertz CT molecular complexity index is 517. The summed E-state index contributed by atoms with van der Waals surface area (Å²) in [5, 5.41) is 5.24. The molecule has 22 heavy (non-hydrogen) atoms. The van der Waals surface area contributed by atoms with Crippen molar-refractivity contribution in [2.75, 3.05) is 19.6 Å². The van der Waals surface area contributed by atoms with Crippen LogP contribution in [0.1, 0.15) is 33.6 Å². The molecule has 1 unspecified atom stereocenters. The highest BCUT2D eigenvalue weighted by atomic mass is 16.2. The molecule has 0 aromatic rings. The molecular formula is C14H22N4O4. The van der Waals surface area contributed by atoms with Crippen LogP contribution in [-0.2, 0) is 14.4 Å². The van der Waals surface area contributed by atoms with E-state index in [1.54, 1.807) is 18.7 Å². The molecule has 2 rings (SSSR count). The third kappa shape index (κ3) is 3.20. The number of hydrogen-bond acceptors (Lipinski definition) is 4. The van der Waals surface area contributed by atoms with Crippen LogP contribution in [0.15, 0.2) is 0 Å². The van der Waals surface area contributed by atoms with Crippen LogP contribution in [0.2, 0.25) is 0 Å². The standard InChI is InChI=1S/C14H22N4O4/c1-4-5-17-7-9(6-11(17)20)15-10(19)8-18-12(21)14(2,3)16-13(18)22/h9H,4-8H2,1-3H3,(H,15,19)(H,16,22). The summed E-state index contributed by atoms with van der Waals surface area (Å²) >= 11 is 0. The summed E-state index contributed by atoms with van der Waals surface area (Å²) < 4.78 is 0. The highest BCUT2D eigenvalue weighted by Gasteiger charge is 2.45. The fourth-order valence-electron chi connectivity index (χ4n) is 2.73. The number of amides is 5. The summed E-state index contributed by atoms with van der Waals surface area (Å²) in [5.41, 5.74) is -0.987. The van der Waals surface area contributed by atoms with Crippen molar-refractivity contribution in [1.82, 2.24) is 20.4 Å². The number of imide groups is 1. The van der Waals surface area contributed by atoms with Crippen molar-refractivity contribution < 1.29 is 19.2 Å². The van der Waals surface area contributed by atoms with Crippen molar-refractivity contribution >= 4 is 23.8 Å². The average Bonchev–Trinajstić information content (AvgIpc) is 2.83. The lowest BCUT2D eigenvalue weighted by molar-refractivity contribution is -0.134. The molecule has 2 N–H and O–H groups in total. The van der Waals surface area contributed by atoms with Gasteiger partial charge in [-0.05, 0) is 20.3 Å². The van der Waals surface area contributed by atoms with Gasteiger partial charge in [0.1, 0.15) is 12.1 Å². The maximum atomic E-state index is 12.0. The second kappa shape index (κ2) is 5.94. The van der Waals surface area contributed by atoms with Crippen LogP contribution in [0.25, 0.3) is 0 Å². The predicted molar refractivity (Wildman–Crippen MR) is 77.7 cm³/mol. The lowest BCUT2D eigenvalue weighted by Gasteiger charge is -2.18. The predicted octanol–water partition coefficient (Wildman–Crippen LogP) is -0.556. The number of carbonyl (C=O) groups is 4. The van der Waals surface area contributed by atoms with Crippen LogP contribution in [0.4, 0.5) is 4.79 Å². The number of urea groups is 1. The lowest BCUT2D eigenvalue weighted by atomic mass is 10.1. The van der Waals surface area contributed by atoms with E-state index in [0.29, 0.717) is 13.1 Å². The smallest absolute Gasteiger partial charge is 0.325 e. The summed E-state index contributed by atoms with van der Waals surface area (Å²) in [6.45, 7) is 5.98. The summed E-state index contributed by atoms with van der Waals surface area (Å²) in [7, 11) is 0. The van der Waals surface area contributed by atoms with E-state index < -0.39 is 23.4 Å². The Morgan fingerprint density at radius 1 is 1.36 bits per heavy atom. The van der Waals surface area contributed by atoms with Gasteiger partial charge in [0.15, 0.2) is 0 Å². The van der Waals surface area contributed by atoms with Crippen LogP contribution < -0.4 is 10.6 Å². The zero-order valence-electron chi connectivity index (χ0n) is 13.1. The topological polar surface area (TPSA) is 98.8 Å². The van der Waals surface area contributed by atoms with E-state index in [1.165, 1.54) is 0 Å². The minimum Gasteiger partial charge on any atom is -0.350 e. The van der Waals surface area contributed by atoms with Crippen molar-refractivity contribution in [3.05, 3.63) is 0 Å². The first-order chi connectivity index (χ1) is 10.2. The molecule has 1 atom stereocenters. The molecule has 2 fully saturated rings. The lowest BCUT2D eigenvalue weighted by Crippen LogP contribution is -2.46. The Hall–Kier alpha value is -2.12. The van der Waals surface area contributed by atoms with Crippen LogP contribution in [0.3, 0.4) is 0 Å². The minimum atomic E-state index is -0.987. The minimum absolute atomic E-state index is 0.0169. The van der Waals surface area contributed by atoms with Gasteiger partial charge in [-0.2, -0.15) is 0 Å². The van der Waals surface area contributed by atoms with Gasteiger partial charge in [0.25, 0.3) is 5.91 Å². The van der Waals surface area contributed by atoms with Crippen LogP contribution in [0, 0.1) is 0 Å². The van der Waals surface area contributed by atoms with Gasteiger partial charge in [0, 0.05) is 19.5 Å². The van der Waals surface area contributed by atoms with E-state index in [-0.39, 0.29) is 24.9 Å². The molecule has 8 heteroatoms. The van der Waals surface area contributed by atoms with Gasteiger partial charge in [-0.3, -0.25) is 19.3 Å². The van der Waals surface area contributed by atoms with Gasteiger partial charge in [0.2, 0.25) is 11.8 Å². The molecule has 2 aliphatic heterocycles. The molecule has 0 aliphatic carbocycles. The van der Waals surface area contributed by atoms with Crippen LogP contribution in [-0.4, -0.2) is 64.8 Å². The Balaban J connectivity index is 1.88. The van der Waals surface area contributed by atoms with Crippen molar-refractivity contribution in [2.45, 2.75) is 45.2 Å². The van der Waals surface area contributed by atoms with E-state index in [2.05, 4.69) is 10.6 Å². The second-order valence-electron chi connectivity index (χ2n) is 6.25. The summed E-state index contributed by atoms with van der Waals surface area (Å²) in [4.78, 5) is 50.1. The summed E-state index contributed by atoms with van der Waals surface area (Å²) in [5.74, 6) is -0.844. The Morgan fingerprint density at radius 2 is 2.05 bits per heavy atom. The molecule has 0 aromatic heterocycles. The first kappa shape index (κ1) is 16.3. The van der Waals surface area contributed by atoms with Gasteiger partial charge in [-0.25, -0.2) is 4.79 Å². The second-order valence-corrected chi connectivity index (χ2v) is 6.25. The summed E-state index contributed by atoms with van der Waals surface area (Å²) in [6, 6.07) is -0.833. The molecule has 0 bridgehead atoms. The van der Waals surface area contributed by atoms with Gasteiger partial charge in [-0.15, -0.1) is 0 Å². The Morgan fingerprint density at radius 3 is 2.59 bits per heavy atom. The number of carbonyl (C=O) groups excluding carboxylic acids is 4. The SMILES string of the molecule is CCCN1CC(NC(=O)CN2C(=O)NC(C)(C)C2=O)CC1=O. The third-order valence-corrected chi connectivity index (χ3v) is 3.82. The fourth-order valence-corrected chi connectivity index (χ4v) is 2.73. The van der Waals surface area contributed by atoms with Crippen molar-refractivity contribution in [1.29, 1.82) is 0 Å². The molecule has 0 spiro atoms. The van der Waals surface area contributed by atoms with Gasteiger partial charge in [-0.1, -0.05) is 6.92 Å². The molecule has 2 saturated heterocycles. The molecule has 8 nitrogen and oxygen atoms in total. The van der Waals surface area contributed by atoms with Crippen LogP contribution >= 0.6 is 0 Å². The largest absolute Gasteiger partial charge is 0.350 e. The third-order valence-electron chi connectivity index (χ3n) is 3.82. The maximum Gasteiger partial charge on any atom is 0.325 e. The number of likely N-dealkylation sites (tertiary alicyclic amines) is 1. The quantitative estimate of drug-likeness (QED) is 0.665. The molecule has 2 heterocycles. The Labute approximate surface area is 129 Å². The van der Waals surface area contributed by atoms with Gasteiger partial charge >= 0.3 is 6.03 Å². The number of hydrogen-bond donors (Lipinski definition) is 2. The molecule has 0 saturated carbocycles. The van der Waals surface area contributed by atoms with Crippen LogP contribution in [0.5, 0.6) is 0 Å². The molecular weight excluding hydrogens is 288 g/mol. The number of nitrogens with zero attached hydrogens (tertiary/aromatic N) is 2. The van der Waals surface area contributed by atoms with E-state index >= 15 is 0 Å². The normalized spacial score (nSPS) is 24.0. The maximum absolute atomic E-state index is 12.0. The zero-order valence-corrected chi connectivity index (χ0v) is 13.1. The molecule has 0 radical (unpaired) electrons. The highest BCUT2D eigenvalue weighted by Crippen LogP contribution is 2.16. The van der Waals surface area contributed by atoms with Gasteiger partial charge < -0.3 is 15.5 Å².